The number of fused-ring (bicyclic) bond motifs is 1. The molecule has 116 valence electrons. The smallest absolute Gasteiger partial charge is 0.129 e. The number of hydrogen-bond acceptors (Lipinski definition) is 4. The molecule has 0 aromatic carbocycles. The van der Waals surface area contributed by atoms with E-state index in [0.29, 0.717) is 5.41 Å². The van der Waals surface area contributed by atoms with Gasteiger partial charge in [-0.2, -0.15) is 0 Å². The molecule has 0 atom stereocenters. The second-order valence-electron chi connectivity index (χ2n) is 6.51. The topological polar surface area (TPSA) is 46.2 Å². The zero-order chi connectivity index (χ0) is 14.5. The summed E-state index contributed by atoms with van der Waals surface area (Å²) < 4.78 is 5.08. The summed E-state index contributed by atoms with van der Waals surface area (Å²) in [4.78, 5) is 4.80. The first-order valence-corrected chi connectivity index (χ1v) is 8.24. The molecule has 0 amide bonds. The van der Waals surface area contributed by atoms with Gasteiger partial charge >= 0.3 is 0 Å². The Hall–Kier alpha value is -1.13. The van der Waals surface area contributed by atoms with E-state index in [2.05, 4.69) is 22.8 Å². The highest BCUT2D eigenvalue weighted by molar-refractivity contribution is 5.47. The Morgan fingerprint density at radius 3 is 3.10 bits per heavy atom. The third kappa shape index (κ3) is 3.95. The second-order valence-corrected chi connectivity index (χ2v) is 6.51. The summed E-state index contributed by atoms with van der Waals surface area (Å²) in [6.07, 6.45) is 7.46. The number of aromatic nitrogens is 1. The van der Waals surface area contributed by atoms with Gasteiger partial charge in [0, 0.05) is 32.4 Å². The molecule has 4 nitrogen and oxygen atoms in total. The maximum Gasteiger partial charge on any atom is 0.129 e. The fourth-order valence-electron chi connectivity index (χ4n) is 3.12. The van der Waals surface area contributed by atoms with Crippen LogP contribution in [0.25, 0.3) is 0 Å². The fourth-order valence-corrected chi connectivity index (χ4v) is 3.12. The van der Waals surface area contributed by atoms with Gasteiger partial charge in [-0.1, -0.05) is 6.07 Å². The van der Waals surface area contributed by atoms with Crippen molar-refractivity contribution in [3.8, 4) is 0 Å². The molecule has 4 heteroatoms. The highest BCUT2D eigenvalue weighted by Crippen LogP contribution is 2.48. The van der Waals surface area contributed by atoms with Crippen molar-refractivity contribution in [2.75, 3.05) is 38.7 Å². The van der Waals surface area contributed by atoms with E-state index >= 15 is 0 Å². The van der Waals surface area contributed by atoms with E-state index in [1.165, 1.54) is 43.4 Å². The van der Waals surface area contributed by atoms with Crippen LogP contribution in [0.2, 0.25) is 0 Å². The first-order valence-electron chi connectivity index (χ1n) is 8.24. The Bertz CT molecular complexity index is 471. The average Bonchev–Trinajstić information content (AvgIpc) is 3.30. The zero-order valence-electron chi connectivity index (χ0n) is 13.1. The van der Waals surface area contributed by atoms with E-state index in [-0.39, 0.29) is 0 Å². The summed E-state index contributed by atoms with van der Waals surface area (Å²) in [6.45, 7) is 3.95. The Kier molecular flexibility index (Phi) is 4.76. The van der Waals surface area contributed by atoms with Crippen LogP contribution in [0.4, 0.5) is 5.82 Å². The average molecular weight is 289 g/mol. The molecule has 0 saturated heterocycles. The van der Waals surface area contributed by atoms with E-state index in [0.717, 1.165) is 38.5 Å². The first kappa shape index (κ1) is 14.8. The molecule has 1 saturated carbocycles. The van der Waals surface area contributed by atoms with Crippen molar-refractivity contribution in [1.82, 2.24) is 10.3 Å². The lowest BCUT2D eigenvalue weighted by atomic mass is 9.98. The van der Waals surface area contributed by atoms with Crippen molar-refractivity contribution in [3.63, 3.8) is 0 Å². The van der Waals surface area contributed by atoms with Crippen LogP contribution in [-0.4, -0.2) is 38.3 Å². The van der Waals surface area contributed by atoms with E-state index in [9.17, 15) is 0 Å². The summed E-state index contributed by atoms with van der Waals surface area (Å²) >= 11 is 0. The molecular weight excluding hydrogens is 262 g/mol. The number of hydrogen-bond donors (Lipinski definition) is 2. The molecule has 2 aliphatic rings. The van der Waals surface area contributed by atoms with Gasteiger partial charge in [-0.25, -0.2) is 4.98 Å². The number of aryl methyl sites for hydroxylation is 2. The Morgan fingerprint density at radius 2 is 2.29 bits per heavy atom. The fraction of sp³-hybridized carbons (Fsp3) is 0.706. The van der Waals surface area contributed by atoms with Gasteiger partial charge in [0.15, 0.2) is 0 Å². The quantitative estimate of drug-likeness (QED) is 0.721. The van der Waals surface area contributed by atoms with E-state index < -0.39 is 0 Å². The van der Waals surface area contributed by atoms with Crippen LogP contribution in [0.5, 0.6) is 0 Å². The minimum Gasteiger partial charge on any atom is -0.383 e. The highest BCUT2D eigenvalue weighted by Gasteiger charge is 2.41. The lowest BCUT2D eigenvalue weighted by Gasteiger charge is -2.19. The number of methoxy groups -OCH3 is 1. The van der Waals surface area contributed by atoms with Gasteiger partial charge in [-0.05, 0) is 55.6 Å². The molecule has 1 aliphatic carbocycles. The molecule has 1 aromatic heterocycles. The van der Waals surface area contributed by atoms with Crippen LogP contribution in [0.3, 0.4) is 0 Å². The predicted octanol–water partition coefficient (Wildman–Crippen LogP) is 2.39. The Morgan fingerprint density at radius 1 is 1.38 bits per heavy atom. The molecule has 0 unspecified atom stereocenters. The molecule has 1 fully saturated rings. The van der Waals surface area contributed by atoms with Crippen LogP contribution < -0.4 is 10.6 Å². The summed E-state index contributed by atoms with van der Waals surface area (Å²) in [5, 5.41) is 6.94. The van der Waals surface area contributed by atoms with Gasteiger partial charge in [0.1, 0.15) is 5.82 Å². The van der Waals surface area contributed by atoms with Gasteiger partial charge < -0.3 is 15.4 Å². The van der Waals surface area contributed by atoms with Gasteiger partial charge in [-0.3, -0.25) is 0 Å². The minimum absolute atomic E-state index is 0.527. The van der Waals surface area contributed by atoms with Gasteiger partial charge in [0.2, 0.25) is 0 Å². The maximum atomic E-state index is 5.08. The lowest BCUT2D eigenvalue weighted by Crippen LogP contribution is -2.27. The third-order valence-electron chi connectivity index (χ3n) is 4.80. The second kappa shape index (κ2) is 6.75. The van der Waals surface area contributed by atoms with Gasteiger partial charge in [0.05, 0.1) is 6.61 Å². The van der Waals surface area contributed by atoms with Crippen molar-refractivity contribution in [2.45, 2.75) is 38.5 Å². The minimum atomic E-state index is 0.527. The molecule has 3 rings (SSSR count). The summed E-state index contributed by atoms with van der Waals surface area (Å²) in [6, 6.07) is 4.49. The van der Waals surface area contributed by atoms with Crippen LogP contribution in [0, 0.1) is 5.41 Å². The van der Waals surface area contributed by atoms with Gasteiger partial charge in [-0.15, -0.1) is 0 Å². The van der Waals surface area contributed by atoms with Crippen molar-refractivity contribution in [3.05, 3.63) is 23.4 Å². The molecular formula is C17H27N3O. The van der Waals surface area contributed by atoms with E-state index in [4.69, 9.17) is 9.72 Å². The number of nitrogens with one attached hydrogen (secondary N) is 2. The van der Waals surface area contributed by atoms with Crippen molar-refractivity contribution < 1.29 is 4.74 Å². The van der Waals surface area contributed by atoms with E-state index in [1.807, 2.05) is 0 Å². The van der Waals surface area contributed by atoms with Gasteiger partial charge in [0.25, 0.3) is 0 Å². The maximum absolute atomic E-state index is 5.08. The van der Waals surface area contributed by atoms with Crippen LogP contribution in [0.15, 0.2) is 12.1 Å². The highest BCUT2D eigenvalue weighted by atomic mass is 16.5. The normalized spacial score (nSPS) is 18.9. The van der Waals surface area contributed by atoms with Crippen LogP contribution in [-0.2, 0) is 17.6 Å². The molecule has 2 heterocycles. The first-order chi connectivity index (χ1) is 10.3. The Labute approximate surface area is 127 Å². The van der Waals surface area contributed by atoms with Crippen LogP contribution in [0.1, 0.15) is 36.9 Å². The number of rotatable bonds is 8. The third-order valence-corrected chi connectivity index (χ3v) is 4.80. The standard InChI is InChI=1S/C17H27N3O/c1-21-12-11-18-13-17(8-9-17)7-6-15-5-4-14-3-2-10-19-16(14)20-15/h4-5,18H,2-3,6-13H2,1H3,(H,19,20). The predicted molar refractivity (Wildman–Crippen MR) is 85.8 cm³/mol. The summed E-state index contributed by atoms with van der Waals surface area (Å²) in [7, 11) is 1.75. The monoisotopic (exact) mass is 289 g/mol. The van der Waals surface area contributed by atoms with Crippen molar-refractivity contribution >= 4 is 5.82 Å². The van der Waals surface area contributed by atoms with Crippen molar-refractivity contribution in [2.24, 2.45) is 5.41 Å². The lowest BCUT2D eigenvalue weighted by molar-refractivity contribution is 0.197. The number of anilines is 1. The van der Waals surface area contributed by atoms with Crippen LogP contribution >= 0.6 is 0 Å². The van der Waals surface area contributed by atoms with E-state index in [1.54, 1.807) is 7.11 Å². The molecule has 0 bridgehead atoms. The number of ether oxygens (including phenoxy) is 1. The SMILES string of the molecule is COCCNCC1(CCc2ccc3c(n2)NCCC3)CC1. The largest absolute Gasteiger partial charge is 0.383 e. The summed E-state index contributed by atoms with van der Waals surface area (Å²) in [5.74, 6) is 1.13. The van der Waals surface area contributed by atoms with Crippen molar-refractivity contribution in [1.29, 1.82) is 0 Å². The number of nitrogens with zero attached hydrogens (tertiary/aromatic N) is 1. The molecule has 0 spiro atoms. The molecule has 1 aliphatic heterocycles. The Balaban J connectivity index is 1.48. The molecule has 0 radical (unpaired) electrons. The number of pyridine rings is 1. The molecule has 21 heavy (non-hydrogen) atoms. The molecule has 1 aromatic rings. The zero-order valence-corrected chi connectivity index (χ0v) is 13.1. The molecule has 2 N–H and O–H groups in total. The summed E-state index contributed by atoms with van der Waals surface area (Å²) in [5.41, 5.74) is 3.15.